The molecule has 0 saturated heterocycles. The van der Waals surface area contributed by atoms with Gasteiger partial charge >= 0.3 is 0 Å². The molecule has 0 radical (unpaired) electrons. The largest absolute Gasteiger partial charge is 0.389 e. The minimum absolute atomic E-state index is 0.189. The Kier molecular flexibility index (Phi) is 8.52. The van der Waals surface area contributed by atoms with E-state index in [2.05, 4.69) is 78.7 Å². The zero-order valence-electron chi connectivity index (χ0n) is 18.0. The molecule has 0 aliphatic rings. The maximum absolute atomic E-state index is 10.6. The Labute approximate surface area is 184 Å². The Balaban J connectivity index is 1.58. The van der Waals surface area contributed by atoms with Gasteiger partial charge in [-0.25, -0.2) is 0 Å². The number of hydrogen-bond donors (Lipinski definition) is 1. The lowest BCUT2D eigenvalue weighted by atomic mass is 10.0. The molecule has 0 aliphatic heterocycles. The number of likely N-dealkylation sites (N-methyl/N-ethyl adjacent to an activating group) is 1. The molecule has 4 heteroatoms. The molecule has 0 aliphatic carbocycles. The van der Waals surface area contributed by atoms with Crippen LogP contribution in [-0.2, 0) is 11.3 Å². The maximum Gasteiger partial charge on any atom is 0.108 e. The van der Waals surface area contributed by atoms with Crippen molar-refractivity contribution in [3.8, 4) is 0 Å². The van der Waals surface area contributed by atoms with Crippen molar-refractivity contribution in [2.24, 2.45) is 0 Å². The van der Waals surface area contributed by atoms with Gasteiger partial charge in [-0.2, -0.15) is 0 Å². The molecule has 3 aromatic rings. The molecule has 0 saturated carbocycles. The zero-order chi connectivity index (χ0) is 21.3. The number of nitrogens with zero attached hydrogens (tertiary/aromatic N) is 1. The van der Waals surface area contributed by atoms with Gasteiger partial charge in [0, 0.05) is 18.0 Å². The van der Waals surface area contributed by atoms with Crippen molar-refractivity contribution in [3.63, 3.8) is 0 Å². The molecular formula is C26H31NO2S. The number of ether oxygens (including phenoxy) is 1. The average molecular weight is 422 g/mol. The minimum atomic E-state index is -0.558. The third-order valence-electron chi connectivity index (χ3n) is 5.07. The van der Waals surface area contributed by atoms with Crippen LogP contribution in [0.3, 0.4) is 0 Å². The Morgan fingerprint density at radius 2 is 1.53 bits per heavy atom. The van der Waals surface area contributed by atoms with Crippen molar-refractivity contribution in [2.45, 2.75) is 30.6 Å². The number of aryl methyl sites for hydroxylation is 1. The van der Waals surface area contributed by atoms with Gasteiger partial charge in [0.2, 0.25) is 0 Å². The summed E-state index contributed by atoms with van der Waals surface area (Å²) in [6.45, 7) is 3.71. The summed E-state index contributed by atoms with van der Waals surface area (Å²) >= 11 is 1.74. The normalized spacial score (nSPS) is 13.4. The first-order valence-electron chi connectivity index (χ1n) is 10.3. The van der Waals surface area contributed by atoms with Gasteiger partial charge in [0.15, 0.2) is 0 Å². The average Bonchev–Trinajstić information content (AvgIpc) is 2.76. The smallest absolute Gasteiger partial charge is 0.108 e. The van der Waals surface area contributed by atoms with Gasteiger partial charge in [-0.1, -0.05) is 72.3 Å². The van der Waals surface area contributed by atoms with Crippen molar-refractivity contribution in [1.82, 2.24) is 4.90 Å². The van der Waals surface area contributed by atoms with Crippen LogP contribution < -0.4 is 0 Å². The summed E-state index contributed by atoms with van der Waals surface area (Å²) < 4.78 is 6.22. The monoisotopic (exact) mass is 421 g/mol. The number of hydrogen-bond acceptors (Lipinski definition) is 4. The second-order valence-corrected chi connectivity index (χ2v) is 8.61. The van der Waals surface area contributed by atoms with E-state index in [1.54, 1.807) is 11.8 Å². The standard InChI is InChI=1S/C26H31NO2S/c1-20-9-13-23(14-10-20)26(22-7-5-4-6-8-22)29-19-24(28)18-27(2)17-21-11-15-25(30-3)16-12-21/h4-16,24,26,28H,17-19H2,1-3H3/t24-,26+/m0/s1. The highest BCUT2D eigenvalue weighted by molar-refractivity contribution is 7.98. The Morgan fingerprint density at radius 1 is 0.900 bits per heavy atom. The Hall–Kier alpha value is -2.11. The van der Waals surface area contributed by atoms with E-state index in [1.165, 1.54) is 16.0 Å². The van der Waals surface area contributed by atoms with E-state index in [9.17, 15) is 5.11 Å². The van der Waals surface area contributed by atoms with Crippen LogP contribution in [0.5, 0.6) is 0 Å². The first-order chi connectivity index (χ1) is 14.5. The summed E-state index contributed by atoms with van der Waals surface area (Å²) in [5.41, 5.74) is 4.65. The Bertz CT molecular complexity index is 881. The fourth-order valence-corrected chi connectivity index (χ4v) is 3.89. The number of aliphatic hydroxyl groups is 1. The van der Waals surface area contributed by atoms with Gasteiger partial charge in [0.05, 0.1) is 12.7 Å². The second kappa shape index (κ2) is 11.3. The molecule has 0 amide bonds. The van der Waals surface area contributed by atoms with Gasteiger partial charge < -0.3 is 9.84 Å². The molecule has 1 N–H and O–H groups in total. The van der Waals surface area contributed by atoms with E-state index in [4.69, 9.17) is 4.74 Å². The van der Waals surface area contributed by atoms with Gasteiger partial charge in [0.1, 0.15) is 6.10 Å². The van der Waals surface area contributed by atoms with Crippen LogP contribution in [0, 0.1) is 6.92 Å². The van der Waals surface area contributed by atoms with E-state index in [0.29, 0.717) is 6.54 Å². The summed E-state index contributed by atoms with van der Waals surface area (Å²) in [7, 11) is 2.03. The van der Waals surface area contributed by atoms with Crippen LogP contribution in [0.25, 0.3) is 0 Å². The van der Waals surface area contributed by atoms with Crippen LogP contribution >= 0.6 is 11.8 Å². The molecule has 0 heterocycles. The fourth-order valence-electron chi connectivity index (χ4n) is 3.48. The van der Waals surface area contributed by atoms with Crippen LogP contribution in [0.15, 0.2) is 83.8 Å². The number of rotatable bonds is 10. The van der Waals surface area contributed by atoms with Crippen molar-refractivity contribution in [3.05, 3.63) is 101 Å². The van der Waals surface area contributed by atoms with Gasteiger partial charge in [-0.3, -0.25) is 4.90 Å². The van der Waals surface area contributed by atoms with E-state index in [0.717, 1.165) is 17.7 Å². The highest BCUT2D eigenvalue weighted by Gasteiger charge is 2.17. The molecular weight excluding hydrogens is 390 g/mol. The van der Waals surface area contributed by atoms with Gasteiger partial charge in [0.25, 0.3) is 0 Å². The molecule has 0 unspecified atom stereocenters. The number of benzene rings is 3. The molecule has 0 bridgehead atoms. The molecule has 0 spiro atoms. The molecule has 0 aromatic heterocycles. The lowest BCUT2D eigenvalue weighted by Gasteiger charge is -2.24. The lowest BCUT2D eigenvalue weighted by Crippen LogP contribution is -2.32. The fraction of sp³-hybridized carbons (Fsp3) is 0.308. The summed E-state index contributed by atoms with van der Waals surface area (Å²) in [6, 6.07) is 27.2. The quantitative estimate of drug-likeness (QED) is 0.449. The highest BCUT2D eigenvalue weighted by atomic mass is 32.2. The maximum atomic E-state index is 10.6. The topological polar surface area (TPSA) is 32.7 Å². The van der Waals surface area contributed by atoms with E-state index >= 15 is 0 Å². The molecule has 3 nitrogen and oxygen atoms in total. The van der Waals surface area contributed by atoms with Gasteiger partial charge in [-0.05, 0) is 49.1 Å². The van der Waals surface area contributed by atoms with Crippen molar-refractivity contribution in [2.75, 3.05) is 26.5 Å². The number of thioether (sulfide) groups is 1. The lowest BCUT2D eigenvalue weighted by molar-refractivity contribution is -0.00626. The number of aliphatic hydroxyl groups excluding tert-OH is 1. The molecule has 158 valence electrons. The first-order valence-corrected chi connectivity index (χ1v) is 11.5. The summed E-state index contributed by atoms with van der Waals surface area (Å²) in [6.07, 6.45) is 1.33. The summed E-state index contributed by atoms with van der Waals surface area (Å²) in [4.78, 5) is 3.39. The molecule has 3 rings (SSSR count). The highest BCUT2D eigenvalue weighted by Crippen LogP contribution is 2.26. The third kappa shape index (κ3) is 6.71. The van der Waals surface area contributed by atoms with Crippen molar-refractivity contribution >= 4 is 11.8 Å². The molecule has 30 heavy (non-hydrogen) atoms. The Morgan fingerprint density at radius 3 is 2.17 bits per heavy atom. The summed E-state index contributed by atoms with van der Waals surface area (Å²) in [5, 5.41) is 10.6. The van der Waals surface area contributed by atoms with Crippen LogP contribution in [-0.4, -0.2) is 42.6 Å². The van der Waals surface area contributed by atoms with E-state index in [1.807, 2.05) is 25.2 Å². The van der Waals surface area contributed by atoms with E-state index < -0.39 is 6.10 Å². The molecule has 2 atom stereocenters. The first kappa shape index (κ1) is 22.6. The van der Waals surface area contributed by atoms with E-state index in [-0.39, 0.29) is 12.7 Å². The molecule has 0 fully saturated rings. The zero-order valence-corrected chi connectivity index (χ0v) is 18.8. The van der Waals surface area contributed by atoms with Crippen molar-refractivity contribution < 1.29 is 9.84 Å². The van der Waals surface area contributed by atoms with Crippen LogP contribution in [0.2, 0.25) is 0 Å². The minimum Gasteiger partial charge on any atom is -0.389 e. The predicted octanol–water partition coefficient (Wildman–Crippen LogP) is 5.32. The van der Waals surface area contributed by atoms with Gasteiger partial charge in [-0.15, -0.1) is 11.8 Å². The van der Waals surface area contributed by atoms with Crippen LogP contribution in [0.4, 0.5) is 0 Å². The third-order valence-corrected chi connectivity index (χ3v) is 5.82. The van der Waals surface area contributed by atoms with Crippen LogP contribution in [0.1, 0.15) is 28.4 Å². The second-order valence-electron chi connectivity index (χ2n) is 7.73. The molecule has 3 aromatic carbocycles. The predicted molar refractivity (Wildman–Crippen MR) is 126 cm³/mol. The van der Waals surface area contributed by atoms with Crippen molar-refractivity contribution in [1.29, 1.82) is 0 Å². The summed E-state index contributed by atoms with van der Waals surface area (Å²) in [5.74, 6) is 0. The SMILES string of the molecule is CSc1ccc(CN(C)C[C@H](O)CO[C@H](c2ccccc2)c2ccc(C)cc2)cc1.